The first-order chi connectivity index (χ1) is 28.1. The summed E-state index contributed by atoms with van der Waals surface area (Å²) in [5.74, 6) is 4.19. The average molecular weight is 790 g/mol. The number of allylic oxidation sites excluding steroid dienone is 2. The van der Waals surface area contributed by atoms with E-state index in [1.807, 2.05) is 0 Å². The number of hydrogen-bond acceptors (Lipinski definition) is 7. The molecule has 4 aliphatic carbocycles. The van der Waals surface area contributed by atoms with Gasteiger partial charge in [0.15, 0.2) is 5.60 Å². The van der Waals surface area contributed by atoms with Gasteiger partial charge in [-0.3, -0.25) is 9.69 Å². The van der Waals surface area contributed by atoms with E-state index in [4.69, 9.17) is 15.2 Å². The fourth-order valence-electron chi connectivity index (χ4n) is 15.0. The molecular formula is C51H71N3O4. The van der Waals surface area contributed by atoms with E-state index in [1.165, 1.54) is 62.9 Å². The third-order valence-electron chi connectivity index (χ3n) is 17.4. The number of nitrogens with zero attached hydrogens (tertiary/aromatic N) is 2. The minimum absolute atomic E-state index is 0.0934. The molecule has 8 bridgehead atoms. The minimum atomic E-state index is -0.960. The molecule has 2 N–H and O–H groups in total. The molecule has 3 saturated heterocycles. The van der Waals surface area contributed by atoms with E-state index in [0.717, 1.165) is 99.7 Å². The number of ether oxygens (including phenoxy) is 2. The van der Waals surface area contributed by atoms with Crippen LogP contribution in [0, 0.1) is 58.2 Å². The third kappa shape index (κ3) is 5.77. The van der Waals surface area contributed by atoms with E-state index in [-0.39, 0.29) is 17.9 Å². The van der Waals surface area contributed by atoms with Crippen LogP contribution in [0.2, 0.25) is 0 Å². The van der Waals surface area contributed by atoms with E-state index in [2.05, 4.69) is 73.9 Å². The SMILES string of the molecule is CC(C)CC[C@H](C)C[C@@H]1[C@@]2(OC(=O)c3c(CCCN)cccc32)[C@@]23CCC4=C[C@@]12C(=O)O/C3=C\C[C@@H](C1CCCCC1)N1C[C@@H]2C[C@@H](CN(C2)C2=CC[C@H](C)C[C@@H]42)C1. The molecule has 0 amide bonds. The van der Waals surface area contributed by atoms with Gasteiger partial charge in [-0.1, -0.05) is 95.7 Å². The molecule has 1 aromatic rings. The van der Waals surface area contributed by atoms with Gasteiger partial charge < -0.3 is 20.1 Å². The first-order valence-corrected chi connectivity index (χ1v) is 24.0. The van der Waals surface area contributed by atoms with E-state index >= 15 is 4.79 Å². The Kier molecular flexibility index (Phi) is 10.1. The number of nitrogens with two attached hydrogens (primary N) is 1. The number of hydrogen-bond donors (Lipinski definition) is 1. The third-order valence-corrected chi connectivity index (χ3v) is 17.4. The minimum Gasteiger partial charge on any atom is -0.449 e. The highest BCUT2D eigenvalue weighted by Crippen LogP contribution is 2.85. The predicted octanol–water partition coefficient (Wildman–Crippen LogP) is 9.71. The van der Waals surface area contributed by atoms with Gasteiger partial charge in [-0.2, -0.15) is 0 Å². The number of carbonyl (C=O) groups excluding carboxylic acids is 2. The van der Waals surface area contributed by atoms with Crippen LogP contribution in [-0.4, -0.2) is 60.5 Å². The van der Waals surface area contributed by atoms with E-state index in [1.54, 1.807) is 0 Å². The Labute approximate surface area is 348 Å². The molecule has 0 radical (unpaired) electrons. The maximum absolute atomic E-state index is 15.5. The van der Waals surface area contributed by atoms with Gasteiger partial charge in [0, 0.05) is 55.3 Å². The van der Waals surface area contributed by atoms with Crippen molar-refractivity contribution in [2.24, 2.45) is 63.9 Å². The van der Waals surface area contributed by atoms with Crippen molar-refractivity contribution < 1.29 is 19.1 Å². The number of esters is 2. The van der Waals surface area contributed by atoms with Crippen molar-refractivity contribution in [3.8, 4) is 0 Å². The smallest absolute Gasteiger partial charge is 0.339 e. The molecule has 11 atom stereocenters. The summed E-state index contributed by atoms with van der Waals surface area (Å²) in [6, 6.07) is 6.85. The lowest BCUT2D eigenvalue weighted by atomic mass is 9.31. The van der Waals surface area contributed by atoms with Crippen LogP contribution < -0.4 is 5.73 Å². The van der Waals surface area contributed by atoms with Gasteiger partial charge in [-0.15, -0.1) is 0 Å². The highest BCUT2D eigenvalue weighted by molar-refractivity contribution is 5.99. The van der Waals surface area contributed by atoms with Crippen molar-refractivity contribution in [3.05, 3.63) is 70.1 Å². The Hall–Kier alpha value is -2.90. The van der Waals surface area contributed by atoms with Gasteiger partial charge in [-0.05, 0) is 124 Å². The lowest BCUT2D eigenvalue weighted by Gasteiger charge is -2.69. The molecular weight excluding hydrogens is 719 g/mol. The van der Waals surface area contributed by atoms with Crippen molar-refractivity contribution in [2.75, 3.05) is 32.7 Å². The highest BCUT2D eigenvalue weighted by Gasteiger charge is 2.91. The second kappa shape index (κ2) is 14.9. The summed E-state index contributed by atoms with van der Waals surface area (Å²) in [5.41, 5.74) is 9.18. The van der Waals surface area contributed by atoms with Gasteiger partial charge in [0.2, 0.25) is 0 Å². The number of benzene rings is 1. The van der Waals surface area contributed by atoms with Crippen LogP contribution in [0.5, 0.6) is 0 Å². The second-order valence-electron chi connectivity index (χ2n) is 21.5. The molecule has 7 nitrogen and oxygen atoms in total. The van der Waals surface area contributed by atoms with Crippen LogP contribution in [0.15, 0.2) is 53.5 Å². The largest absolute Gasteiger partial charge is 0.449 e. The van der Waals surface area contributed by atoms with Gasteiger partial charge >= 0.3 is 11.9 Å². The zero-order chi connectivity index (χ0) is 40.0. The molecule has 1 unspecified atom stereocenters. The molecule has 8 aliphatic heterocycles. The molecule has 13 rings (SSSR count). The molecule has 2 spiro atoms. The van der Waals surface area contributed by atoms with Gasteiger partial charge in [0.1, 0.15) is 11.2 Å². The fraction of sp³-hybridized carbons (Fsp3) is 0.725. The van der Waals surface area contributed by atoms with Crippen LogP contribution in [0.3, 0.4) is 0 Å². The predicted molar refractivity (Wildman–Crippen MR) is 228 cm³/mol. The van der Waals surface area contributed by atoms with E-state index in [9.17, 15) is 4.79 Å². The normalized spacial score (nSPS) is 40.4. The van der Waals surface area contributed by atoms with Crippen molar-refractivity contribution in [1.82, 2.24) is 9.80 Å². The zero-order valence-electron chi connectivity index (χ0n) is 36.1. The maximum atomic E-state index is 15.5. The van der Waals surface area contributed by atoms with Crippen molar-refractivity contribution in [3.63, 3.8) is 0 Å². The summed E-state index contributed by atoms with van der Waals surface area (Å²) in [6.45, 7) is 14.6. The first kappa shape index (κ1) is 39.2. The van der Waals surface area contributed by atoms with Gasteiger partial charge in [-0.25, -0.2) is 4.79 Å². The average Bonchev–Trinajstić information content (AvgIpc) is 3.66. The highest BCUT2D eigenvalue weighted by atomic mass is 16.6. The molecule has 0 aromatic heterocycles. The molecule has 2 saturated carbocycles. The van der Waals surface area contributed by atoms with Crippen LogP contribution in [-0.2, 0) is 26.3 Å². The molecule has 58 heavy (non-hydrogen) atoms. The van der Waals surface area contributed by atoms with Crippen LogP contribution in [0.25, 0.3) is 0 Å². The Morgan fingerprint density at radius 1 is 0.948 bits per heavy atom. The summed E-state index contributed by atoms with van der Waals surface area (Å²) < 4.78 is 14.1. The monoisotopic (exact) mass is 790 g/mol. The lowest BCUT2D eigenvalue weighted by Crippen LogP contribution is -2.75. The van der Waals surface area contributed by atoms with Crippen molar-refractivity contribution in [1.29, 1.82) is 0 Å². The fourth-order valence-corrected chi connectivity index (χ4v) is 15.0. The standard InChI is InChI=1S/C51H71N3O4/c1-32(2)15-16-34(4)25-44-49-27-39-21-22-50(49,51(44)41-14-8-12-38(13-9-23-52)46(41)47(55)58-51)45(57-48(49)56)20-19-42(37-10-6-5-7-11-37)53-28-35-26-36(29-53)31-54(30-35)43-18-17-33(3)24-40(39)43/h8,12,14,18,20,27,32-37,40,42,44H,5-7,9-11,13,15-17,19,21-26,28-31,52H2,1-4H3/b45-20-/t33-,34-,35-,36+,40-,42-,44-,49-,50+,51+/m0/s1. The van der Waals surface area contributed by atoms with Crippen LogP contribution in [0.4, 0.5) is 0 Å². The molecule has 1 aromatic carbocycles. The van der Waals surface area contributed by atoms with Crippen LogP contribution >= 0.6 is 0 Å². The molecule has 314 valence electrons. The summed E-state index contributed by atoms with van der Waals surface area (Å²) in [4.78, 5) is 35.9. The number of carbonyl (C=O) groups is 2. The summed E-state index contributed by atoms with van der Waals surface area (Å²) in [7, 11) is 0. The van der Waals surface area contributed by atoms with E-state index in [0.29, 0.717) is 54.0 Å². The number of fused-ring (bicyclic) bond motifs is 2. The molecule has 7 heteroatoms. The Bertz CT molecular complexity index is 1880. The van der Waals surface area contributed by atoms with E-state index < -0.39 is 16.4 Å². The van der Waals surface area contributed by atoms with Crippen molar-refractivity contribution in [2.45, 2.75) is 142 Å². The van der Waals surface area contributed by atoms with Crippen LogP contribution in [0.1, 0.15) is 145 Å². The Morgan fingerprint density at radius 3 is 2.50 bits per heavy atom. The van der Waals surface area contributed by atoms with Crippen molar-refractivity contribution >= 4 is 11.9 Å². The zero-order valence-corrected chi connectivity index (χ0v) is 36.1. The summed E-state index contributed by atoms with van der Waals surface area (Å²) in [5, 5.41) is 0. The second-order valence-corrected chi connectivity index (χ2v) is 21.5. The Balaban J connectivity index is 1.19. The molecule has 8 heterocycles. The lowest BCUT2D eigenvalue weighted by molar-refractivity contribution is -0.274. The Morgan fingerprint density at radius 2 is 1.74 bits per heavy atom. The quantitative estimate of drug-likeness (QED) is 0.197. The number of rotatable bonds is 9. The molecule has 12 aliphatic rings. The topological polar surface area (TPSA) is 85.1 Å². The maximum Gasteiger partial charge on any atom is 0.339 e. The summed E-state index contributed by atoms with van der Waals surface area (Å²) >= 11 is 0. The first-order valence-electron chi connectivity index (χ1n) is 24.0. The summed E-state index contributed by atoms with van der Waals surface area (Å²) in [6.07, 6.45) is 24.8. The molecule has 5 fully saturated rings. The van der Waals surface area contributed by atoms with Gasteiger partial charge in [0.25, 0.3) is 0 Å². The van der Waals surface area contributed by atoms with Gasteiger partial charge in [0.05, 0.1) is 11.0 Å². The number of piperidine rings is 2. The number of aryl methyl sites for hydroxylation is 1.